The van der Waals surface area contributed by atoms with Crippen molar-refractivity contribution in [1.82, 2.24) is 13.9 Å². The van der Waals surface area contributed by atoms with Crippen molar-refractivity contribution in [2.45, 2.75) is 39.3 Å². The SMILES string of the molecule is COC(=O)C1=C[C@@H](C(=O)OC)[C@@H]2C3=C(C(=O)C2(C)C)[C@H](C)n2c(=O)n(-c4ccccc4)c(=O)n2[C@@H]3C1. The maximum atomic E-state index is 13.8. The van der Waals surface area contributed by atoms with Crippen molar-refractivity contribution in [2.75, 3.05) is 14.2 Å². The molecule has 188 valence electrons. The summed E-state index contributed by atoms with van der Waals surface area (Å²) >= 11 is 0. The minimum absolute atomic E-state index is 0.0241. The average Bonchev–Trinajstić information content (AvgIpc) is 3.14. The van der Waals surface area contributed by atoms with Gasteiger partial charge in [-0.2, -0.15) is 0 Å². The predicted octanol–water partition coefficient (Wildman–Crippen LogP) is 1.73. The summed E-state index contributed by atoms with van der Waals surface area (Å²) in [4.78, 5) is 67.0. The highest BCUT2D eigenvalue weighted by Gasteiger charge is 2.59. The average molecular weight is 494 g/mol. The Hall–Kier alpha value is -3.95. The number of nitrogens with zero attached hydrogens (tertiary/aromatic N) is 3. The van der Waals surface area contributed by atoms with Crippen LogP contribution < -0.4 is 11.4 Å². The smallest absolute Gasteiger partial charge is 0.352 e. The second-order valence-corrected chi connectivity index (χ2v) is 9.95. The fourth-order valence-corrected chi connectivity index (χ4v) is 6.20. The number of para-hydroxylation sites is 1. The Morgan fingerprint density at radius 2 is 1.61 bits per heavy atom. The summed E-state index contributed by atoms with van der Waals surface area (Å²) in [6.07, 6.45) is 1.47. The van der Waals surface area contributed by atoms with Crippen molar-refractivity contribution in [2.24, 2.45) is 17.3 Å². The van der Waals surface area contributed by atoms with Gasteiger partial charge in [0.2, 0.25) is 0 Å². The van der Waals surface area contributed by atoms with E-state index in [0.717, 1.165) is 4.57 Å². The first-order chi connectivity index (χ1) is 17.1. The Kier molecular flexibility index (Phi) is 5.31. The van der Waals surface area contributed by atoms with Crippen molar-refractivity contribution in [1.29, 1.82) is 0 Å². The summed E-state index contributed by atoms with van der Waals surface area (Å²) in [5, 5.41) is 0. The Labute approximate surface area is 206 Å². The van der Waals surface area contributed by atoms with E-state index in [9.17, 15) is 24.0 Å². The van der Waals surface area contributed by atoms with Crippen LogP contribution in [-0.4, -0.2) is 45.9 Å². The Morgan fingerprint density at radius 1 is 0.972 bits per heavy atom. The molecule has 0 saturated heterocycles. The Balaban J connectivity index is 1.84. The first-order valence-electron chi connectivity index (χ1n) is 11.7. The van der Waals surface area contributed by atoms with E-state index in [0.29, 0.717) is 16.8 Å². The number of ketones is 1. The number of hydrogen-bond donors (Lipinski definition) is 0. The van der Waals surface area contributed by atoms with Crippen LogP contribution in [0.15, 0.2) is 62.7 Å². The van der Waals surface area contributed by atoms with Gasteiger partial charge in [-0.05, 0) is 24.6 Å². The third-order valence-corrected chi connectivity index (χ3v) is 7.79. The molecular formula is C26H27N3O7. The van der Waals surface area contributed by atoms with Crippen LogP contribution in [0.1, 0.15) is 39.3 Å². The third-order valence-electron chi connectivity index (χ3n) is 7.79. The lowest BCUT2D eigenvalue weighted by molar-refractivity contribution is -0.146. The van der Waals surface area contributed by atoms with Gasteiger partial charge in [0.1, 0.15) is 0 Å². The highest BCUT2D eigenvalue weighted by atomic mass is 16.5. The van der Waals surface area contributed by atoms with Gasteiger partial charge in [-0.3, -0.25) is 9.59 Å². The van der Waals surface area contributed by atoms with Crippen molar-refractivity contribution in [3.63, 3.8) is 0 Å². The van der Waals surface area contributed by atoms with E-state index < -0.39 is 52.7 Å². The molecule has 10 nitrogen and oxygen atoms in total. The number of benzene rings is 1. The highest BCUT2D eigenvalue weighted by molar-refractivity contribution is 6.05. The number of esters is 2. The van der Waals surface area contributed by atoms with Crippen molar-refractivity contribution < 1.29 is 23.9 Å². The van der Waals surface area contributed by atoms with Crippen LogP contribution in [0.4, 0.5) is 0 Å². The van der Waals surface area contributed by atoms with Gasteiger partial charge in [-0.25, -0.2) is 28.3 Å². The highest BCUT2D eigenvalue weighted by Crippen LogP contribution is 2.57. The summed E-state index contributed by atoms with van der Waals surface area (Å²) in [5.41, 5.74) is -0.656. The molecule has 2 aliphatic carbocycles. The fourth-order valence-electron chi connectivity index (χ4n) is 6.20. The molecule has 36 heavy (non-hydrogen) atoms. The number of Topliss-reactive ketones (excluding diaryl/α,β-unsaturated/α-hetero) is 1. The minimum Gasteiger partial charge on any atom is -0.469 e. The molecular weight excluding hydrogens is 466 g/mol. The van der Waals surface area contributed by atoms with Crippen LogP contribution in [0, 0.1) is 17.3 Å². The zero-order valence-electron chi connectivity index (χ0n) is 20.7. The molecule has 0 amide bonds. The van der Waals surface area contributed by atoms with E-state index in [4.69, 9.17) is 9.47 Å². The van der Waals surface area contributed by atoms with Crippen LogP contribution in [0.2, 0.25) is 0 Å². The summed E-state index contributed by atoms with van der Waals surface area (Å²) in [6, 6.07) is 6.93. The zero-order valence-corrected chi connectivity index (χ0v) is 20.7. The maximum Gasteiger partial charge on any atom is 0.352 e. The van der Waals surface area contributed by atoms with Crippen molar-refractivity contribution >= 4 is 17.7 Å². The van der Waals surface area contributed by atoms with Crippen LogP contribution in [-0.2, 0) is 23.9 Å². The number of ether oxygens (including phenoxy) is 2. The van der Waals surface area contributed by atoms with Gasteiger partial charge in [-0.15, -0.1) is 0 Å². The number of rotatable bonds is 3. The van der Waals surface area contributed by atoms with E-state index in [-0.39, 0.29) is 17.8 Å². The molecule has 4 atom stereocenters. The number of allylic oxidation sites excluding steroid dienone is 2. The number of hydrogen-bond acceptors (Lipinski definition) is 7. The molecule has 10 heteroatoms. The number of carbonyl (C=O) groups excluding carboxylic acids is 3. The molecule has 3 aliphatic rings. The van der Waals surface area contributed by atoms with Crippen LogP contribution in [0.5, 0.6) is 0 Å². The monoisotopic (exact) mass is 493 g/mol. The molecule has 0 bridgehead atoms. The van der Waals surface area contributed by atoms with E-state index >= 15 is 0 Å². The molecule has 5 rings (SSSR count). The number of fused-ring (bicyclic) bond motifs is 2. The third kappa shape index (κ3) is 2.99. The number of aromatic nitrogens is 3. The lowest BCUT2D eigenvalue weighted by Crippen LogP contribution is -2.40. The molecule has 0 fully saturated rings. The standard InChI is InChI=1S/C26H27N3O7/c1-13-18-19-17(29-25(34)27(24(33)28(13)29)15-9-7-6-8-10-15)12-14(22(31)35-4)11-16(23(32)36-5)20(19)26(2,3)21(18)30/h6-11,13,16-17,20H,12H2,1-5H3/t13-,16+,17+,20+/m0/s1. The quantitative estimate of drug-likeness (QED) is 0.598. The van der Waals surface area contributed by atoms with Crippen LogP contribution in [0.25, 0.3) is 5.69 Å². The molecule has 0 saturated carbocycles. The molecule has 1 aromatic heterocycles. The molecule has 2 heterocycles. The first kappa shape index (κ1) is 23.8. The molecule has 2 aromatic rings. The van der Waals surface area contributed by atoms with E-state index in [1.807, 2.05) is 0 Å². The maximum absolute atomic E-state index is 13.8. The summed E-state index contributed by atoms with van der Waals surface area (Å²) < 4.78 is 13.7. The Bertz CT molecular complexity index is 1490. The van der Waals surface area contributed by atoms with Gasteiger partial charge in [-0.1, -0.05) is 38.1 Å². The second kappa shape index (κ2) is 8.04. The zero-order chi connectivity index (χ0) is 26.1. The van der Waals surface area contributed by atoms with Crippen LogP contribution >= 0.6 is 0 Å². The lowest BCUT2D eigenvalue weighted by Gasteiger charge is -2.35. The molecule has 1 aliphatic heterocycles. The molecule has 0 N–H and O–H groups in total. The van der Waals surface area contributed by atoms with Crippen molar-refractivity contribution in [3.05, 3.63) is 74.1 Å². The molecule has 0 spiro atoms. The fraction of sp³-hybridized carbons (Fsp3) is 0.423. The predicted molar refractivity (Wildman–Crippen MR) is 128 cm³/mol. The number of carbonyl (C=O) groups is 3. The number of methoxy groups -OCH3 is 2. The summed E-state index contributed by atoms with van der Waals surface area (Å²) in [7, 11) is 2.48. The van der Waals surface area contributed by atoms with Gasteiger partial charge in [0.25, 0.3) is 0 Å². The van der Waals surface area contributed by atoms with Gasteiger partial charge < -0.3 is 9.47 Å². The summed E-state index contributed by atoms with van der Waals surface area (Å²) in [6.45, 7) is 5.19. The van der Waals surface area contributed by atoms with E-state index in [2.05, 4.69) is 0 Å². The molecule has 1 aromatic carbocycles. The van der Waals surface area contributed by atoms with Gasteiger partial charge in [0, 0.05) is 28.9 Å². The second-order valence-electron chi connectivity index (χ2n) is 9.95. The topological polar surface area (TPSA) is 119 Å². The van der Waals surface area contributed by atoms with E-state index in [1.54, 1.807) is 51.1 Å². The first-order valence-corrected chi connectivity index (χ1v) is 11.7. The van der Waals surface area contributed by atoms with Gasteiger partial charge in [0.15, 0.2) is 5.78 Å². The Morgan fingerprint density at radius 3 is 2.22 bits per heavy atom. The van der Waals surface area contributed by atoms with Crippen molar-refractivity contribution in [3.8, 4) is 5.69 Å². The largest absolute Gasteiger partial charge is 0.469 e. The van der Waals surface area contributed by atoms with E-state index in [1.165, 1.54) is 29.7 Å². The normalized spacial score (nSPS) is 26.0. The lowest BCUT2D eigenvalue weighted by atomic mass is 9.70. The minimum atomic E-state index is -1.04. The molecule has 0 radical (unpaired) electrons. The van der Waals surface area contributed by atoms with Gasteiger partial charge >= 0.3 is 23.3 Å². The van der Waals surface area contributed by atoms with Crippen LogP contribution in [0.3, 0.4) is 0 Å². The summed E-state index contributed by atoms with van der Waals surface area (Å²) in [5.74, 6) is -3.06. The van der Waals surface area contributed by atoms with Gasteiger partial charge in [0.05, 0.1) is 37.9 Å². The molecule has 0 unspecified atom stereocenters.